The Morgan fingerprint density at radius 1 is 1.07 bits per heavy atom. The van der Waals surface area contributed by atoms with Gasteiger partial charge < -0.3 is 9.73 Å². The van der Waals surface area contributed by atoms with E-state index < -0.39 is 0 Å². The van der Waals surface area contributed by atoms with Crippen LogP contribution >= 0.6 is 0 Å². The van der Waals surface area contributed by atoms with Crippen molar-refractivity contribution in [3.8, 4) is 0 Å². The van der Waals surface area contributed by atoms with Gasteiger partial charge in [-0.1, -0.05) is 29.8 Å². The van der Waals surface area contributed by atoms with E-state index in [1.807, 2.05) is 12.3 Å². The monoisotopic (exact) mass is 361 g/mol. The summed E-state index contributed by atoms with van der Waals surface area (Å²) < 4.78 is 9.12. The van der Waals surface area contributed by atoms with Gasteiger partial charge in [0, 0.05) is 18.6 Å². The second-order valence-electron chi connectivity index (χ2n) is 6.34. The highest BCUT2D eigenvalue weighted by molar-refractivity contribution is 6.02. The molecule has 0 bridgehead atoms. The fraction of sp³-hybridized carbons (Fsp3) is 0.150. The second-order valence-corrected chi connectivity index (χ2v) is 6.34. The molecule has 1 amide bonds. The lowest BCUT2D eigenvalue weighted by Crippen LogP contribution is -2.10. The van der Waals surface area contributed by atoms with Gasteiger partial charge >= 0.3 is 0 Å². The highest BCUT2D eigenvalue weighted by Gasteiger charge is 2.13. The minimum atomic E-state index is -0.309. The van der Waals surface area contributed by atoms with E-state index in [0.717, 1.165) is 5.56 Å². The standard InChI is InChI=1S/C20H19N5O2/c1-15-3-5-16(6-4-15)12-25-13-17(11-22-25)23-20(26)19-8-7-18(27-19)14-24-10-2-9-21-24/h2-11,13H,12,14H2,1H3,(H,23,26). The Bertz CT molecular complexity index is 1030. The maximum Gasteiger partial charge on any atom is 0.291 e. The molecule has 0 atom stereocenters. The molecule has 0 unspecified atom stereocenters. The lowest BCUT2D eigenvalue weighted by molar-refractivity contribution is 0.0994. The average Bonchev–Trinajstić information content (AvgIpc) is 3.40. The zero-order valence-corrected chi connectivity index (χ0v) is 14.9. The minimum absolute atomic E-state index is 0.253. The van der Waals surface area contributed by atoms with E-state index in [-0.39, 0.29) is 11.7 Å². The Kier molecular flexibility index (Phi) is 4.57. The molecule has 0 saturated carbocycles. The third-order valence-corrected chi connectivity index (χ3v) is 4.12. The molecule has 136 valence electrons. The number of carbonyl (C=O) groups excluding carboxylic acids is 1. The number of anilines is 1. The quantitative estimate of drug-likeness (QED) is 0.571. The van der Waals surface area contributed by atoms with Gasteiger partial charge in [0.25, 0.3) is 5.91 Å². The van der Waals surface area contributed by atoms with Gasteiger partial charge in [0.05, 0.1) is 25.0 Å². The molecule has 7 nitrogen and oxygen atoms in total. The molecule has 1 N–H and O–H groups in total. The number of benzene rings is 1. The van der Waals surface area contributed by atoms with Crippen LogP contribution in [0.1, 0.15) is 27.4 Å². The topological polar surface area (TPSA) is 77.9 Å². The Balaban J connectivity index is 1.38. The fourth-order valence-electron chi connectivity index (χ4n) is 2.73. The first-order valence-electron chi connectivity index (χ1n) is 8.61. The molecule has 0 aliphatic rings. The summed E-state index contributed by atoms with van der Waals surface area (Å²) in [6.45, 7) is 3.18. The summed E-state index contributed by atoms with van der Waals surface area (Å²) >= 11 is 0. The van der Waals surface area contributed by atoms with Gasteiger partial charge in [-0.15, -0.1) is 0 Å². The maximum atomic E-state index is 12.4. The maximum absolute atomic E-state index is 12.4. The van der Waals surface area contributed by atoms with Crippen LogP contribution in [0.5, 0.6) is 0 Å². The summed E-state index contributed by atoms with van der Waals surface area (Å²) in [5.74, 6) is 0.610. The number of nitrogens with zero attached hydrogens (tertiary/aromatic N) is 4. The Hall–Kier alpha value is -3.61. The number of aryl methyl sites for hydroxylation is 1. The molecule has 27 heavy (non-hydrogen) atoms. The second kappa shape index (κ2) is 7.33. The van der Waals surface area contributed by atoms with Crippen LogP contribution in [0.2, 0.25) is 0 Å². The van der Waals surface area contributed by atoms with Crippen LogP contribution in [0.3, 0.4) is 0 Å². The van der Waals surface area contributed by atoms with E-state index >= 15 is 0 Å². The summed E-state index contributed by atoms with van der Waals surface area (Å²) in [6, 6.07) is 13.5. The van der Waals surface area contributed by atoms with Crippen molar-refractivity contribution in [3.05, 3.63) is 89.9 Å². The van der Waals surface area contributed by atoms with E-state index in [1.54, 1.807) is 40.1 Å². The number of amides is 1. The van der Waals surface area contributed by atoms with Crippen molar-refractivity contribution in [3.63, 3.8) is 0 Å². The van der Waals surface area contributed by atoms with Crippen molar-refractivity contribution in [1.82, 2.24) is 19.6 Å². The number of aromatic nitrogens is 4. The summed E-state index contributed by atoms with van der Waals surface area (Å²) in [5.41, 5.74) is 2.99. The predicted octanol–water partition coefficient (Wildman–Crippen LogP) is 3.33. The largest absolute Gasteiger partial charge is 0.454 e. The molecular weight excluding hydrogens is 342 g/mol. The van der Waals surface area contributed by atoms with Crippen molar-refractivity contribution in [2.24, 2.45) is 0 Å². The normalized spacial score (nSPS) is 10.9. The summed E-state index contributed by atoms with van der Waals surface area (Å²) in [6.07, 6.45) is 6.96. The Morgan fingerprint density at radius 3 is 2.70 bits per heavy atom. The van der Waals surface area contributed by atoms with Gasteiger partial charge in [0.15, 0.2) is 5.76 Å². The summed E-state index contributed by atoms with van der Waals surface area (Å²) in [4.78, 5) is 12.4. The third-order valence-electron chi connectivity index (χ3n) is 4.12. The number of rotatable bonds is 6. The van der Waals surface area contributed by atoms with E-state index in [2.05, 4.69) is 46.7 Å². The van der Waals surface area contributed by atoms with Crippen molar-refractivity contribution in [2.45, 2.75) is 20.0 Å². The van der Waals surface area contributed by atoms with Crippen LogP contribution in [-0.2, 0) is 13.1 Å². The SMILES string of the molecule is Cc1ccc(Cn2cc(NC(=O)c3ccc(Cn4cccn4)o3)cn2)cc1. The average molecular weight is 361 g/mol. The van der Waals surface area contributed by atoms with Gasteiger partial charge in [0.1, 0.15) is 5.76 Å². The van der Waals surface area contributed by atoms with Crippen LogP contribution in [0.15, 0.2) is 71.7 Å². The summed E-state index contributed by atoms with van der Waals surface area (Å²) in [5, 5.41) is 11.2. The molecule has 1 aromatic carbocycles. The molecule has 4 aromatic rings. The van der Waals surface area contributed by atoms with Crippen LogP contribution in [0.25, 0.3) is 0 Å². The molecule has 0 spiro atoms. The van der Waals surface area contributed by atoms with Crippen LogP contribution in [-0.4, -0.2) is 25.5 Å². The number of hydrogen-bond donors (Lipinski definition) is 1. The van der Waals surface area contributed by atoms with Crippen molar-refractivity contribution >= 4 is 11.6 Å². The molecule has 3 heterocycles. The van der Waals surface area contributed by atoms with Gasteiger partial charge in [-0.25, -0.2) is 0 Å². The van der Waals surface area contributed by atoms with Crippen LogP contribution in [0.4, 0.5) is 5.69 Å². The fourth-order valence-corrected chi connectivity index (χ4v) is 2.73. The molecule has 4 rings (SSSR count). The predicted molar refractivity (Wildman–Crippen MR) is 100 cm³/mol. The molecule has 3 aromatic heterocycles. The Morgan fingerprint density at radius 2 is 1.93 bits per heavy atom. The van der Waals surface area contributed by atoms with Gasteiger partial charge in [-0.05, 0) is 30.7 Å². The van der Waals surface area contributed by atoms with Crippen molar-refractivity contribution in [2.75, 3.05) is 5.32 Å². The molecule has 0 aliphatic carbocycles. The van der Waals surface area contributed by atoms with E-state index in [1.165, 1.54) is 5.56 Å². The van der Waals surface area contributed by atoms with Gasteiger partial charge in [-0.3, -0.25) is 14.2 Å². The van der Waals surface area contributed by atoms with E-state index in [4.69, 9.17) is 4.42 Å². The lowest BCUT2D eigenvalue weighted by atomic mass is 10.1. The highest BCUT2D eigenvalue weighted by Crippen LogP contribution is 2.13. The highest BCUT2D eigenvalue weighted by atomic mass is 16.4. The zero-order valence-electron chi connectivity index (χ0n) is 14.9. The molecular formula is C20H19N5O2. The van der Waals surface area contributed by atoms with Crippen molar-refractivity contribution in [1.29, 1.82) is 0 Å². The molecule has 7 heteroatoms. The first-order chi connectivity index (χ1) is 13.2. The molecule has 0 saturated heterocycles. The van der Waals surface area contributed by atoms with Crippen LogP contribution in [0, 0.1) is 6.92 Å². The van der Waals surface area contributed by atoms with E-state index in [9.17, 15) is 4.79 Å². The van der Waals surface area contributed by atoms with Gasteiger partial charge in [0.2, 0.25) is 0 Å². The smallest absolute Gasteiger partial charge is 0.291 e. The number of nitrogens with one attached hydrogen (secondary N) is 1. The first-order valence-corrected chi connectivity index (χ1v) is 8.61. The zero-order chi connectivity index (χ0) is 18.6. The van der Waals surface area contributed by atoms with Crippen molar-refractivity contribution < 1.29 is 9.21 Å². The van der Waals surface area contributed by atoms with E-state index in [0.29, 0.717) is 24.5 Å². The third kappa shape index (κ3) is 4.14. The first kappa shape index (κ1) is 16.8. The summed E-state index contributed by atoms with van der Waals surface area (Å²) in [7, 11) is 0. The molecule has 0 radical (unpaired) electrons. The molecule has 0 aliphatic heterocycles. The van der Waals surface area contributed by atoms with Gasteiger partial charge in [-0.2, -0.15) is 10.2 Å². The minimum Gasteiger partial charge on any atom is -0.454 e. The number of hydrogen-bond acceptors (Lipinski definition) is 4. The molecule has 0 fully saturated rings. The number of furan rings is 1. The lowest BCUT2D eigenvalue weighted by Gasteiger charge is -2.02. The Labute approximate surface area is 156 Å². The van der Waals surface area contributed by atoms with Crippen LogP contribution < -0.4 is 5.32 Å². The number of carbonyl (C=O) groups is 1.